The minimum absolute atomic E-state index is 0.193. The molecule has 102 valence electrons. The first-order valence-electron chi connectivity index (χ1n) is 6.46. The summed E-state index contributed by atoms with van der Waals surface area (Å²) in [7, 11) is 0. The largest absolute Gasteiger partial charge is 0.466 e. The lowest BCUT2D eigenvalue weighted by molar-refractivity contribution is -0.142. The zero-order chi connectivity index (χ0) is 13.2. The van der Waals surface area contributed by atoms with Crippen molar-refractivity contribution >= 4 is 22.3 Å². The number of esters is 1. The fourth-order valence-electron chi connectivity index (χ4n) is 2.30. The van der Waals surface area contributed by atoms with E-state index >= 15 is 0 Å². The van der Waals surface area contributed by atoms with E-state index in [0.717, 1.165) is 36.0 Å². The van der Waals surface area contributed by atoms with Crippen LogP contribution >= 0.6 is 11.3 Å². The molecule has 19 heavy (non-hydrogen) atoms. The maximum absolute atomic E-state index is 11.5. The Kier molecular flexibility index (Phi) is 3.52. The summed E-state index contributed by atoms with van der Waals surface area (Å²) >= 11 is 1.56. The lowest BCUT2D eigenvalue weighted by Gasteiger charge is -2.02. The molecule has 1 aliphatic heterocycles. The number of carbonyl (C=O) groups is 1. The van der Waals surface area contributed by atoms with Crippen LogP contribution < -0.4 is 0 Å². The van der Waals surface area contributed by atoms with E-state index in [4.69, 9.17) is 9.47 Å². The van der Waals surface area contributed by atoms with Crippen LogP contribution in [-0.2, 0) is 20.7 Å². The van der Waals surface area contributed by atoms with E-state index in [-0.39, 0.29) is 5.97 Å². The van der Waals surface area contributed by atoms with Crippen LogP contribution in [0.1, 0.15) is 30.7 Å². The van der Waals surface area contributed by atoms with Crippen molar-refractivity contribution in [1.82, 2.24) is 9.38 Å². The molecule has 5 nitrogen and oxygen atoms in total. The standard InChI is InChI=1S/C13H16N2O3S/c1-2-18-12(16)5-10-8-19-13-14-11(6-15(10)13)9-3-4-17-7-9/h6,8-9H,2-5,7H2,1H3. The minimum atomic E-state index is -0.193. The van der Waals surface area contributed by atoms with Gasteiger partial charge in [0.05, 0.1) is 25.3 Å². The molecule has 1 fully saturated rings. The molecule has 2 aromatic rings. The van der Waals surface area contributed by atoms with Crippen molar-refractivity contribution in [3.8, 4) is 0 Å². The van der Waals surface area contributed by atoms with E-state index in [1.165, 1.54) is 0 Å². The summed E-state index contributed by atoms with van der Waals surface area (Å²) in [5.74, 6) is 0.198. The number of hydrogen-bond donors (Lipinski definition) is 0. The normalized spacial score (nSPS) is 19.1. The molecule has 0 amide bonds. The molecule has 0 radical (unpaired) electrons. The smallest absolute Gasteiger partial charge is 0.311 e. The first-order chi connectivity index (χ1) is 9.28. The lowest BCUT2D eigenvalue weighted by Crippen LogP contribution is -2.08. The van der Waals surface area contributed by atoms with Gasteiger partial charge in [-0.25, -0.2) is 4.98 Å². The molecule has 0 saturated carbocycles. The Morgan fingerprint density at radius 2 is 2.58 bits per heavy atom. The second-order valence-electron chi connectivity index (χ2n) is 4.59. The predicted octanol–water partition coefficient (Wildman–Crippen LogP) is 2.01. The van der Waals surface area contributed by atoms with Crippen LogP contribution in [0.15, 0.2) is 11.6 Å². The van der Waals surface area contributed by atoms with Gasteiger partial charge in [-0.1, -0.05) is 0 Å². The average molecular weight is 280 g/mol. The Balaban J connectivity index is 1.83. The molecule has 0 aromatic carbocycles. The highest BCUT2D eigenvalue weighted by Gasteiger charge is 2.22. The first kappa shape index (κ1) is 12.6. The maximum Gasteiger partial charge on any atom is 0.311 e. The van der Waals surface area contributed by atoms with Gasteiger partial charge in [-0.3, -0.25) is 9.20 Å². The van der Waals surface area contributed by atoms with Gasteiger partial charge in [0.2, 0.25) is 0 Å². The quantitative estimate of drug-likeness (QED) is 0.804. The highest BCUT2D eigenvalue weighted by molar-refractivity contribution is 7.15. The van der Waals surface area contributed by atoms with Crippen LogP contribution in [0.25, 0.3) is 4.96 Å². The van der Waals surface area contributed by atoms with Crippen molar-refractivity contribution in [2.24, 2.45) is 0 Å². The molecule has 1 aliphatic rings. The van der Waals surface area contributed by atoms with Crippen LogP contribution in [0.4, 0.5) is 0 Å². The van der Waals surface area contributed by atoms with Gasteiger partial charge in [0, 0.05) is 29.8 Å². The van der Waals surface area contributed by atoms with Crippen molar-refractivity contribution in [2.75, 3.05) is 19.8 Å². The van der Waals surface area contributed by atoms with Crippen molar-refractivity contribution in [3.63, 3.8) is 0 Å². The Morgan fingerprint density at radius 1 is 1.68 bits per heavy atom. The summed E-state index contributed by atoms with van der Waals surface area (Å²) in [6.45, 7) is 3.79. The van der Waals surface area contributed by atoms with Crippen LogP contribution in [-0.4, -0.2) is 35.2 Å². The number of hydrogen-bond acceptors (Lipinski definition) is 5. The summed E-state index contributed by atoms with van der Waals surface area (Å²) in [6.07, 6.45) is 3.35. The third-order valence-corrected chi connectivity index (χ3v) is 4.17. The second-order valence-corrected chi connectivity index (χ2v) is 5.42. The molecule has 0 N–H and O–H groups in total. The first-order valence-corrected chi connectivity index (χ1v) is 7.34. The number of aromatic nitrogens is 2. The van der Waals surface area contributed by atoms with E-state index < -0.39 is 0 Å². The molecule has 1 saturated heterocycles. The van der Waals surface area contributed by atoms with E-state index in [9.17, 15) is 4.79 Å². The second kappa shape index (κ2) is 5.30. The van der Waals surface area contributed by atoms with E-state index in [1.54, 1.807) is 11.3 Å². The number of nitrogens with zero attached hydrogens (tertiary/aromatic N) is 2. The van der Waals surface area contributed by atoms with Crippen LogP contribution in [0.3, 0.4) is 0 Å². The molecule has 1 atom stereocenters. The highest BCUT2D eigenvalue weighted by atomic mass is 32.1. The summed E-state index contributed by atoms with van der Waals surface area (Å²) < 4.78 is 12.4. The molecule has 1 unspecified atom stereocenters. The molecule has 6 heteroatoms. The Hall–Kier alpha value is -1.40. The van der Waals surface area contributed by atoms with Crippen molar-refractivity contribution in [1.29, 1.82) is 0 Å². The van der Waals surface area contributed by atoms with Gasteiger partial charge in [0.15, 0.2) is 4.96 Å². The average Bonchev–Trinajstić information content (AvgIpc) is 3.05. The molecule has 3 rings (SSSR count). The van der Waals surface area contributed by atoms with Crippen molar-refractivity contribution in [3.05, 3.63) is 23.0 Å². The van der Waals surface area contributed by atoms with Gasteiger partial charge in [-0.2, -0.15) is 0 Å². The van der Waals surface area contributed by atoms with Gasteiger partial charge in [0.25, 0.3) is 0 Å². The number of thiazole rings is 1. The Bertz CT molecular complexity index is 584. The fourth-order valence-corrected chi connectivity index (χ4v) is 3.18. The van der Waals surface area contributed by atoms with Crippen LogP contribution in [0, 0.1) is 0 Å². The zero-order valence-electron chi connectivity index (χ0n) is 10.8. The Labute approximate surface area is 115 Å². The highest BCUT2D eigenvalue weighted by Crippen LogP contribution is 2.27. The molecular weight excluding hydrogens is 264 g/mol. The number of imidazole rings is 1. The molecule has 0 aliphatic carbocycles. The van der Waals surface area contributed by atoms with Gasteiger partial charge in [-0.15, -0.1) is 11.3 Å². The summed E-state index contributed by atoms with van der Waals surface area (Å²) in [5, 5.41) is 1.97. The molecule has 3 heterocycles. The monoisotopic (exact) mass is 280 g/mol. The van der Waals surface area contributed by atoms with Gasteiger partial charge in [-0.05, 0) is 13.3 Å². The van der Waals surface area contributed by atoms with Gasteiger partial charge in [0.1, 0.15) is 0 Å². The SMILES string of the molecule is CCOC(=O)Cc1csc2nc(C3CCOC3)cn12. The van der Waals surface area contributed by atoms with Crippen molar-refractivity contribution in [2.45, 2.75) is 25.7 Å². The molecular formula is C13H16N2O3S. The number of carbonyl (C=O) groups excluding carboxylic acids is 1. The summed E-state index contributed by atoms with van der Waals surface area (Å²) in [5.41, 5.74) is 2.01. The Morgan fingerprint density at radius 3 is 3.32 bits per heavy atom. The molecule has 2 aromatic heterocycles. The summed E-state index contributed by atoms with van der Waals surface area (Å²) in [6, 6.07) is 0. The number of ether oxygens (including phenoxy) is 2. The minimum Gasteiger partial charge on any atom is -0.466 e. The van der Waals surface area contributed by atoms with E-state index in [0.29, 0.717) is 18.9 Å². The maximum atomic E-state index is 11.5. The molecule has 0 spiro atoms. The van der Waals surface area contributed by atoms with Gasteiger partial charge < -0.3 is 9.47 Å². The summed E-state index contributed by atoms with van der Waals surface area (Å²) in [4.78, 5) is 17.1. The lowest BCUT2D eigenvalue weighted by atomic mass is 10.1. The van der Waals surface area contributed by atoms with Crippen LogP contribution in [0.5, 0.6) is 0 Å². The third kappa shape index (κ3) is 2.50. The van der Waals surface area contributed by atoms with E-state index in [2.05, 4.69) is 4.98 Å². The number of fused-ring (bicyclic) bond motifs is 1. The number of rotatable bonds is 4. The molecule has 0 bridgehead atoms. The predicted molar refractivity (Wildman–Crippen MR) is 71.6 cm³/mol. The zero-order valence-corrected chi connectivity index (χ0v) is 11.6. The van der Waals surface area contributed by atoms with Crippen molar-refractivity contribution < 1.29 is 14.3 Å². The fraction of sp³-hybridized carbons (Fsp3) is 0.538. The van der Waals surface area contributed by atoms with Gasteiger partial charge >= 0.3 is 5.97 Å². The van der Waals surface area contributed by atoms with E-state index in [1.807, 2.05) is 22.9 Å². The third-order valence-electron chi connectivity index (χ3n) is 3.28. The topological polar surface area (TPSA) is 52.8 Å². The van der Waals surface area contributed by atoms with Crippen LogP contribution in [0.2, 0.25) is 0 Å².